The number of rotatable bonds is 10. The van der Waals surface area contributed by atoms with Crippen LogP contribution >= 0.6 is 0 Å². The molecule has 0 saturated heterocycles. The molecule has 1 aliphatic carbocycles. The van der Waals surface area contributed by atoms with E-state index in [9.17, 15) is 0 Å². The summed E-state index contributed by atoms with van der Waals surface area (Å²) in [5, 5.41) is 0. The third-order valence-corrected chi connectivity index (χ3v) is 7.91. The van der Waals surface area contributed by atoms with Crippen molar-refractivity contribution in [1.29, 1.82) is 0 Å². The van der Waals surface area contributed by atoms with Crippen molar-refractivity contribution in [2.24, 2.45) is 0 Å². The fourth-order valence-corrected chi connectivity index (χ4v) is 5.84. The highest BCUT2D eigenvalue weighted by atomic mass is 14.3. The standard InChI is InChI=1S/C32H40/c1-5-24-12-8-10-14-31(24)23(4)20-30(29-19-17-27-16-18-28(27)22-29)21-26(7-3)32-15-11-9-13-25(32)6-2/h8-15,17,19,22-23,26,30H,5-7,16,18,20-21H2,1-4H3. The Morgan fingerprint density at radius 2 is 1.28 bits per heavy atom. The van der Waals surface area contributed by atoms with E-state index in [1.165, 1.54) is 43.2 Å². The van der Waals surface area contributed by atoms with Crippen LogP contribution in [0.25, 0.3) is 0 Å². The predicted molar refractivity (Wildman–Crippen MR) is 139 cm³/mol. The predicted octanol–water partition coefficient (Wildman–Crippen LogP) is 8.77. The van der Waals surface area contributed by atoms with Gasteiger partial charge in [0.1, 0.15) is 0 Å². The smallest absolute Gasteiger partial charge is 0.0150 e. The monoisotopic (exact) mass is 424 g/mol. The van der Waals surface area contributed by atoms with Gasteiger partial charge >= 0.3 is 0 Å². The van der Waals surface area contributed by atoms with Gasteiger partial charge < -0.3 is 0 Å². The summed E-state index contributed by atoms with van der Waals surface area (Å²) in [6, 6.07) is 25.6. The van der Waals surface area contributed by atoms with Gasteiger partial charge in [-0.1, -0.05) is 94.4 Å². The molecule has 0 bridgehead atoms. The van der Waals surface area contributed by atoms with Gasteiger partial charge in [-0.25, -0.2) is 0 Å². The van der Waals surface area contributed by atoms with Gasteiger partial charge in [-0.2, -0.15) is 0 Å². The summed E-state index contributed by atoms with van der Waals surface area (Å²) in [7, 11) is 0. The molecule has 3 atom stereocenters. The summed E-state index contributed by atoms with van der Waals surface area (Å²) in [5.74, 6) is 1.78. The molecule has 0 N–H and O–H groups in total. The molecule has 0 heterocycles. The highest BCUT2D eigenvalue weighted by molar-refractivity contribution is 5.41. The zero-order valence-electron chi connectivity index (χ0n) is 20.5. The van der Waals surface area contributed by atoms with E-state index in [-0.39, 0.29) is 0 Å². The number of hydrogen-bond donors (Lipinski definition) is 0. The molecule has 3 unspecified atom stereocenters. The van der Waals surface area contributed by atoms with E-state index in [0.29, 0.717) is 17.8 Å². The molecule has 1 aliphatic rings. The first kappa shape index (κ1) is 22.8. The molecule has 0 nitrogen and oxygen atoms in total. The molecule has 0 fully saturated rings. The quantitative estimate of drug-likeness (QED) is 0.305. The molecule has 0 radical (unpaired) electrons. The Hall–Kier alpha value is -2.34. The molecule has 168 valence electrons. The molecule has 0 aromatic heterocycles. The van der Waals surface area contributed by atoms with Gasteiger partial charge in [0.15, 0.2) is 0 Å². The van der Waals surface area contributed by atoms with E-state index in [1.807, 2.05) is 0 Å². The van der Waals surface area contributed by atoms with Gasteiger partial charge in [0.25, 0.3) is 0 Å². The van der Waals surface area contributed by atoms with Crippen molar-refractivity contribution in [1.82, 2.24) is 0 Å². The van der Waals surface area contributed by atoms with Crippen LogP contribution in [0.15, 0.2) is 66.7 Å². The second kappa shape index (κ2) is 10.5. The summed E-state index contributed by atoms with van der Waals surface area (Å²) in [4.78, 5) is 0. The summed E-state index contributed by atoms with van der Waals surface area (Å²) < 4.78 is 0. The molecular weight excluding hydrogens is 384 g/mol. The van der Waals surface area contributed by atoms with Crippen LogP contribution < -0.4 is 0 Å². The lowest BCUT2D eigenvalue weighted by Gasteiger charge is -2.30. The SMILES string of the molecule is CCc1ccccc1C(C)CC(CC(CC)c1ccccc1CC)c1ccc2c(c1)CC2. The Morgan fingerprint density at radius 1 is 0.656 bits per heavy atom. The zero-order valence-corrected chi connectivity index (χ0v) is 20.5. The van der Waals surface area contributed by atoms with Crippen molar-refractivity contribution in [3.63, 3.8) is 0 Å². The van der Waals surface area contributed by atoms with Gasteiger partial charge in [-0.05, 0) is 102 Å². The minimum atomic E-state index is 0.571. The van der Waals surface area contributed by atoms with Crippen molar-refractivity contribution in [3.8, 4) is 0 Å². The Morgan fingerprint density at radius 3 is 1.88 bits per heavy atom. The highest BCUT2D eigenvalue weighted by Crippen LogP contribution is 2.41. The van der Waals surface area contributed by atoms with Crippen LogP contribution in [0, 0.1) is 0 Å². The Balaban J connectivity index is 1.65. The largest absolute Gasteiger partial charge is 0.0648 e. The van der Waals surface area contributed by atoms with Gasteiger partial charge in [-0.15, -0.1) is 0 Å². The van der Waals surface area contributed by atoms with E-state index >= 15 is 0 Å². The lowest BCUT2D eigenvalue weighted by Crippen LogP contribution is -2.14. The first-order valence-electron chi connectivity index (χ1n) is 12.9. The average Bonchev–Trinajstić information content (AvgIpc) is 2.82. The normalized spacial score (nSPS) is 15.5. The third kappa shape index (κ3) is 4.85. The number of aryl methyl sites for hydroxylation is 4. The van der Waals surface area contributed by atoms with Crippen molar-refractivity contribution in [3.05, 3.63) is 106 Å². The molecule has 0 aliphatic heterocycles. The highest BCUT2D eigenvalue weighted by Gasteiger charge is 2.25. The fraction of sp³-hybridized carbons (Fsp3) is 0.438. The molecule has 3 aromatic carbocycles. The Labute approximate surface area is 196 Å². The van der Waals surface area contributed by atoms with Crippen molar-refractivity contribution in [2.75, 3.05) is 0 Å². The van der Waals surface area contributed by atoms with Crippen LogP contribution in [0.2, 0.25) is 0 Å². The molecule has 0 saturated carbocycles. The van der Waals surface area contributed by atoms with Gasteiger partial charge in [0.05, 0.1) is 0 Å². The molecular formula is C32H40. The summed E-state index contributed by atoms with van der Waals surface area (Å²) in [6.45, 7) is 9.41. The van der Waals surface area contributed by atoms with E-state index in [0.717, 1.165) is 12.8 Å². The molecule has 0 amide bonds. The first-order valence-corrected chi connectivity index (χ1v) is 12.9. The summed E-state index contributed by atoms with van der Waals surface area (Å²) in [5.41, 5.74) is 10.9. The van der Waals surface area contributed by atoms with Crippen LogP contribution in [-0.2, 0) is 25.7 Å². The molecule has 0 spiro atoms. The van der Waals surface area contributed by atoms with Crippen molar-refractivity contribution in [2.45, 2.75) is 90.4 Å². The lowest BCUT2D eigenvalue weighted by molar-refractivity contribution is 0.464. The van der Waals surface area contributed by atoms with E-state index in [1.54, 1.807) is 27.8 Å². The molecule has 32 heavy (non-hydrogen) atoms. The topological polar surface area (TPSA) is 0 Å². The van der Waals surface area contributed by atoms with Crippen LogP contribution in [0.3, 0.4) is 0 Å². The summed E-state index contributed by atoms with van der Waals surface area (Å²) >= 11 is 0. The minimum absolute atomic E-state index is 0.571. The van der Waals surface area contributed by atoms with E-state index in [2.05, 4.69) is 94.4 Å². The maximum atomic E-state index is 2.54. The first-order chi connectivity index (χ1) is 15.6. The average molecular weight is 425 g/mol. The number of benzene rings is 3. The maximum Gasteiger partial charge on any atom is -0.0150 e. The van der Waals surface area contributed by atoms with E-state index < -0.39 is 0 Å². The van der Waals surface area contributed by atoms with Crippen molar-refractivity contribution >= 4 is 0 Å². The molecule has 0 heteroatoms. The zero-order chi connectivity index (χ0) is 22.5. The number of fused-ring (bicyclic) bond motifs is 1. The van der Waals surface area contributed by atoms with Crippen molar-refractivity contribution < 1.29 is 0 Å². The second-order valence-corrected chi connectivity index (χ2v) is 9.81. The molecule has 3 aromatic rings. The minimum Gasteiger partial charge on any atom is -0.0648 e. The van der Waals surface area contributed by atoms with Crippen LogP contribution in [0.5, 0.6) is 0 Å². The number of hydrogen-bond acceptors (Lipinski definition) is 0. The third-order valence-electron chi connectivity index (χ3n) is 7.91. The lowest BCUT2D eigenvalue weighted by atomic mass is 9.75. The van der Waals surface area contributed by atoms with Gasteiger partial charge in [-0.3, -0.25) is 0 Å². The van der Waals surface area contributed by atoms with E-state index in [4.69, 9.17) is 0 Å². The maximum absolute atomic E-state index is 2.54. The Kier molecular flexibility index (Phi) is 7.51. The molecule has 4 rings (SSSR count). The van der Waals surface area contributed by atoms with Crippen LogP contribution in [0.1, 0.15) is 104 Å². The van der Waals surface area contributed by atoms with Gasteiger partial charge in [0.2, 0.25) is 0 Å². The fourth-order valence-electron chi connectivity index (χ4n) is 5.84. The Bertz CT molecular complexity index is 1030. The van der Waals surface area contributed by atoms with Gasteiger partial charge in [0, 0.05) is 0 Å². The second-order valence-electron chi connectivity index (χ2n) is 9.81. The van der Waals surface area contributed by atoms with Crippen LogP contribution in [-0.4, -0.2) is 0 Å². The summed E-state index contributed by atoms with van der Waals surface area (Å²) in [6.07, 6.45) is 8.44. The van der Waals surface area contributed by atoms with Crippen LogP contribution in [0.4, 0.5) is 0 Å².